The lowest BCUT2D eigenvalue weighted by atomic mass is 9.91. The zero-order valence-electron chi connectivity index (χ0n) is 17.4. The van der Waals surface area contributed by atoms with Gasteiger partial charge in [-0.25, -0.2) is 4.39 Å². The number of halogens is 1. The topological polar surface area (TPSA) is 59.0 Å². The number of hydrogen-bond donors (Lipinski definition) is 2. The van der Waals surface area contributed by atoms with Gasteiger partial charge in [0.05, 0.1) is 6.04 Å². The van der Waals surface area contributed by atoms with E-state index in [1.165, 1.54) is 23.0 Å². The number of piperidine rings is 1. The molecule has 2 atom stereocenters. The number of rotatable bonds is 6. The fourth-order valence-corrected chi connectivity index (χ4v) is 4.25. The summed E-state index contributed by atoms with van der Waals surface area (Å²) in [5.41, 5.74) is 5.29. The van der Waals surface area contributed by atoms with E-state index in [1.807, 2.05) is 18.3 Å². The third-order valence-corrected chi connectivity index (χ3v) is 5.94. The molecule has 0 unspecified atom stereocenters. The minimum atomic E-state index is -0.369. The number of nitrogens with one attached hydrogen (secondary N) is 2. The van der Waals surface area contributed by atoms with Crippen LogP contribution in [0.3, 0.4) is 0 Å². The summed E-state index contributed by atoms with van der Waals surface area (Å²) in [5, 5.41) is 6.54. The molecule has 1 aliphatic rings. The Morgan fingerprint density at radius 3 is 2.83 bits per heavy atom. The molecule has 3 heterocycles. The maximum absolute atomic E-state index is 14.4. The average molecular weight is 407 g/mol. The molecule has 0 spiro atoms. The predicted octanol–water partition coefficient (Wildman–Crippen LogP) is 3.80. The van der Waals surface area contributed by atoms with Gasteiger partial charge in [0.25, 0.3) is 0 Å². The maximum Gasteiger partial charge on any atom is 0.220 e. The summed E-state index contributed by atoms with van der Waals surface area (Å²) in [6.07, 6.45) is 4.80. The van der Waals surface area contributed by atoms with Crippen LogP contribution < -0.4 is 10.6 Å². The lowest BCUT2D eigenvalue weighted by Gasteiger charge is -2.33. The molecule has 1 saturated heterocycles. The van der Waals surface area contributed by atoms with Gasteiger partial charge in [0.2, 0.25) is 5.91 Å². The molecule has 0 radical (unpaired) electrons. The smallest absolute Gasteiger partial charge is 0.220 e. The zero-order valence-corrected chi connectivity index (χ0v) is 17.4. The van der Waals surface area contributed by atoms with Crippen molar-refractivity contribution in [3.05, 3.63) is 88.8 Å². The van der Waals surface area contributed by atoms with Gasteiger partial charge in [-0.1, -0.05) is 24.3 Å². The second-order valence-electron chi connectivity index (χ2n) is 7.94. The first-order valence-corrected chi connectivity index (χ1v) is 10.3. The van der Waals surface area contributed by atoms with E-state index in [-0.39, 0.29) is 23.8 Å². The van der Waals surface area contributed by atoms with Gasteiger partial charge in [-0.2, -0.15) is 0 Å². The molecule has 1 fully saturated rings. The van der Waals surface area contributed by atoms with Crippen molar-refractivity contribution in [1.82, 2.24) is 20.2 Å². The molecular weight excluding hydrogens is 379 g/mol. The van der Waals surface area contributed by atoms with Crippen molar-refractivity contribution < 1.29 is 9.18 Å². The summed E-state index contributed by atoms with van der Waals surface area (Å²) in [6.45, 7) is 5.67. The molecule has 1 aliphatic heterocycles. The molecule has 4 rings (SSSR count). The lowest BCUT2D eigenvalue weighted by molar-refractivity contribution is -0.123. The third kappa shape index (κ3) is 4.28. The highest BCUT2D eigenvalue weighted by atomic mass is 19.1. The highest BCUT2D eigenvalue weighted by Gasteiger charge is 2.31. The van der Waals surface area contributed by atoms with Gasteiger partial charge < -0.3 is 15.2 Å². The fourth-order valence-electron chi connectivity index (χ4n) is 4.25. The van der Waals surface area contributed by atoms with Crippen molar-refractivity contribution in [3.63, 3.8) is 0 Å². The summed E-state index contributed by atoms with van der Waals surface area (Å²) in [4.78, 5) is 16.2. The number of carbonyl (C=O) groups excluding carboxylic acids is 1. The normalized spacial score (nSPS) is 19.0. The number of nitrogens with zero attached hydrogens (tertiary/aromatic N) is 2. The molecule has 3 aromatic rings. The summed E-state index contributed by atoms with van der Waals surface area (Å²) in [5.74, 6) is -0.317. The molecule has 6 heteroatoms. The van der Waals surface area contributed by atoms with Crippen LogP contribution in [-0.4, -0.2) is 21.5 Å². The Hall–Kier alpha value is -2.99. The second-order valence-corrected chi connectivity index (χ2v) is 7.94. The molecule has 156 valence electrons. The highest BCUT2D eigenvalue weighted by molar-refractivity contribution is 5.77. The Bertz CT molecular complexity index is 1030. The Morgan fingerprint density at radius 2 is 2.07 bits per heavy atom. The summed E-state index contributed by atoms with van der Waals surface area (Å²) < 4.78 is 16.7. The maximum atomic E-state index is 14.4. The van der Waals surface area contributed by atoms with E-state index in [1.54, 1.807) is 18.3 Å². The van der Waals surface area contributed by atoms with Gasteiger partial charge >= 0.3 is 0 Å². The SMILES string of the molecule is Cc1cc(CN[C@@H]2CCC(=O)N[C@H]2c2ccccc2F)c(C)n1Cc1cccnc1. The number of aromatic nitrogens is 2. The van der Waals surface area contributed by atoms with Crippen LogP contribution in [0.25, 0.3) is 0 Å². The number of benzene rings is 1. The Labute approximate surface area is 176 Å². The molecule has 0 aliphatic carbocycles. The summed E-state index contributed by atoms with van der Waals surface area (Å²) in [7, 11) is 0. The minimum Gasteiger partial charge on any atom is -0.348 e. The molecule has 30 heavy (non-hydrogen) atoms. The molecule has 2 aromatic heterocycles. The predicted molar refractivity (Wildman–Crippen MR) is 114 cm³/mol. The molecule has 1 aromatic carbocycles. The zero-order chi connectivity index (χ0) is 21.1. The van der Waals surface area contributed by atoms with Crippen molar-refractivity contribution >= 4 is 5.91 Å². The van der Waals surface area contributed by atoms with E-state index in [4.69, 9.17) is 0 Å². The van der Waals surface area contributed by atoms with Gasteiger partial charge in [-0.3, -0.25) is 9.78 Å². The highest BCUT2D eigenvalue weighted by Crippen LogP contribution is 2.27. The van der Waals surface area contributed by atoms with E-state index in [0.29, 0.717) is 24.9 Å². The number of amides is 1. The number of pyridine rings is 1. The van der Waals surface area contributed by atoms with Crippen molar-refractivity contribution in [3.8, 4) is 0 Å². The van der Waals surface area contributed by atoms with Crippen LogP contribution >= 0.6 is 0 Å². The van der Waals surface area contributed by atoms with Crippen molar-refractivity contribution in [1.29, 1.82) is 0 Å². The van der Waals surface area contributed by atoms with E-state index < -0.39 is 0 Å². The number of aryl methyl sites for hydroxylation is 1. The van der Waals surface area contributed by atoms with E-state index in [9.17, 15) is 9.18 Å². The number of hydrogen-bond acceptors (Lipinski definition) is 3. The van der Waals surface area contributed by atoms with Gasteiger partial charge in [0, 0.05) is 54.9 Å². The number of carbonyl (C=O) groups is 1. The van der Waals surface area contributed by atoms with Gasteiger partial charge in [0.15, 0.2) is 0 Å². The summed E-state index contributed by atoms with van der Waals surface area (Å²) >= 11 is 0. The monoisotopic (exact) mass is 406 g/mol. The standard InChI is InChI=1S/C24H27FN4O/c1-16-12-19(17(2)29(16)15-18-6-5-11-26-13-18)14-27-22-9-10-23(30)28-24(22)20-7-3-4-8-21(20)25/h3-8,11-13,22,24,27H,9-10,14-15H2,1-2H3,(H,28,30)/t22-,24+/m1/s1. The minimum absolute atomic E-state index is 0.0269. The van der Waals surface area contributed by atoms with Crippen LogP contribution in [0, 0.1) is 19.7 Å². The quantitative estimate of drug-likeness (QED) is 0.655. The van der Waals surface area contributed by atoms with Gasteiger partial charge in [-0.05, 0) is 49.6 Å². The summed E-state index contributed by atoms with van der Waals surface area (Å²) in [6, 6.07) is 12.5. The van der Waals surface area contributed by atoms with Crippen LogP contribution in [0.5, 0.6) is 0 Å². The molecule has 0 bridgehead atoms. The average Bonchev–Trinajstić information content (AvgIpc) is 3.01. The van der Waals surface area contributed by atoms with Gasteiger partial charge in [0.1, 0.15) is 5.82 Å². The van der Waals surface area contributed by atoms with Crippen LogP contribution in [0.4, 0.5) is 4.39 Å². The Kier molecular flexibility index (Phi) is 5.95. The first-order chi connectivity index (χ1) is 14.5. The largest absolute Gasteiger partial charge is 0.348 e. The molecule has 0 saturated carbocycles. The van der Waals surface area contributed by atoms with Crippen molar-refractivity contribution in [2.24, 2.45) is 0 Å². The molecular formula is C24H27FN4O. The van der Waals surface area contributed by atoms with E-state index >= 15 is 0 Å². The second kappa shape index (κ2) is 8.79. The fraction of sp³-hybridized carbons (Fsp3) is 0.333. The molecule has 2 N–H and O–H groups in total. The van der Waals surface area contributed by atoms with E-state index in [0.717, 1.165) is 12.1 Å². The first kappa shape index (κ1) is 20.3. The van der Waals surface area contributed by atoms with Crippen molar-refractivity contribution in [2.45, 2.75) is 51.9 Å². The van der Waals surface area contributed by atoms with E-state index in [2.05, 4.69) is 46.2 Å². The molecule has 5 nitrogen and oxygen atoms in total. The third-order valence-electron chi connectivity index (χ3n) is 5.94. The Morgan fingerprint density at radius 1 is 1.23 bits per heavy atom. The lowest BCUT2D eigenvalue weighted by Crippen LogP contribution is -2.48. The van der Waals surface area contributed by atoms with Gasteiger partial charge in [-0.15, -0.1) is 0 Å². The van der Waals surface area contributed by atoms with Crippen LogP contribution in [0.1, 0.15) is 47.0 Å². The van der Waals surface area contributed by atoms with Crippen LogP contribution in [0.15, 0.2) is 54.9 Å². The first-order valence-electron chi connectivity index (χ1n) is 10.3. The van der Waals surface area contributed by atoms with Crippen LogP contribution in [-0.2, 0) is 17.9 Å². The van der Waals surface area contributed by atoms with Crippen LogP contribution in [0.2, 0.25) is 0 Å². The Balaban J connectivity index is 1.50. The van der Waals surface area contributed by atoms with Crippen molar-refractivity contribution in [2.75, 3.05) is 0 Å². The molecule has 1 amide bonds.